The molecule has 2 aromatic carbocycles. The molecule has 126 valence electrons. The average molecular weight is 319 g/mol. The molecule has 1 aliphatic heterocycles. The summed E-state index contributed by atoms with van der Waals surface area (Å²) in [5.74, 6) is 0. The largest absolute Gasteiger partial charge is 0.372 e. The van der Waals surface area contributed by atoms with Gasteiger partial charge in [-0.05, 0) is 68.2 Å². The van der Waals surface area contributed by atoms with Crippen molar-refractivity contribution in [2.75, 3.05) is 18.0 Å². The lowest BCUT2D eigenvalue weighted by Crippen LogP contribution is -2.29. The van der Waals surface area contributed by atoms with Crippen LogP contribution in [0.1, 0.15) is 43.2 Å². The second-order valence-electron chi connectivity index (χ2n) is 6.95. The highest BCUT2D eigenvalue weighted by atomic mass is 15.1. The zero-order valence-corrected chi connectivity index (χ0v) is 14.7. The first-order chi connectivity index (χ1) is 11.8. The monoisotopic (exact) mass is 319 g/mol. The van der Waals surface area contributed by atoms with Crippen LogP contribution >= 0.6 is 0 Å². The Bertz CT molecular complexity index is 621. The summed E-state index contributed by atoms with van der Waals surface area (Å²) in [6.07, 6.45) is 8.46. The van der Waals surface area contributed by atoms with Gasteiger partial charge in [0.05, 0.1) is 0 Å². The first-order valence-electron chi connectivity index (χ1n) is 9.36. The van der Waals surface area contributed by atoms with E-state index in [1.165, 1.54) is 54.7 Å². The van der Waals surface area contributed by atoms with E-state index in [0.717, 1.165) is 25.7 Å². The van der Waals surface area contributed by atoms with E-state index in [9.17, 15) is 0 Å². The Kier molecular flexibility index (Phi) is 6.12. The van der Waals surface area contributed by atoms with E-state index in [1.807, 2.05) is 0 Å². The lowest BCUT2D eigenvalue weighted by molar-refractivity contribution is 0.578. The Morgan fingerprint density at radius 2 is 1.33 bits per heavy atom. The third-order valence-corrected chi connectivity index (χ3v) is 5.03. The van der Waals surface area contributed by atoms with Gasteiger partial charge in [0.2, 0.25) is 0 Å². The molecule has 0 aromatic heterocycles. The summed E-state index contributed by atoms with van der Waals surface area (Å²) < 4.78 is 0. The Morgan fingerprint density at radius 1 is 0.750 bits per heavy atom. The number of hydrogen-bond acceptors (Lipinski definition) is 1. The van der Waals surface area contributed by atoms with Gasteiger partial charge in [-0.1, -0.05) is 54.6 Å². The van der Waals surface area contributed by atoms with Crippen molar-refractivity contribution >= 4 is 5.69 Å². The quantitative estimate of drug-likeness (QED) is 0.583. The molecule has 0 amide bonds. The van der Waals surface area contributed by atoms with Crippen LogP contribution in [0.2, 0.25) is 0 Å². The minimum atomic E-state index is 1.09. The summed E-state index contributed by atoms with van der Waals surface area (Å²) in [6, 6.07) is 19.9. The van der Waals surface area contributed by atoms with Gasteiger partial charge in [0, 0.05) is 18.8 Å². The summed E-state index contributed by atoms with van der Waals surface area (Å²) in [7, 11) is 0. The molecule has 0 N–H and O–H groups in total. The van der Waals surface area contributed by atoms with Gasteiger partial charge in [0.15, 0.2) is 0 Å². The SMILES string of the molecule is C=C(CCc1ccccc1)CCc1ccc(N2CCCCC2)cc1. The number of benzene rings is 2. The van der Waals surface area contributed by atoms with Gasteiger partial charge in [-0.3, -0.25) is 0 Å². The van der Waals surface area contributed by atoms with Crippen molar-refractivity contribution in [2.45, 2.75) is 44.9 Å². The van der Waals surface area contributed by atoms with Crippen LogP contribution in [-0.4, -0.2) is 13.1 Å². The van der Waals surface area contributed by atoms with Gasteiger partial charge < -0.3 is 4.90 Å². The molecule has 1 aliphatic rings. The maximum Gasteiger partial charge on any atom is 0.0366 e. The second kappa shape index (κ2) is 8.73. The van der Waals surface area contributed by atoms with Crippen LogP contribution in [0.4, 0.5) is 5.69 Å². The number of hydrogen-bond donors (Lipinski definition) is 0. The Hall–Kier alpha value is -2.02. The Balaban J connectivity index is 1.43. The van der Waals surface area contributed by atoms with Crippen LogP contribution in [0.15, 0.2) is 66.7 Å². The van der Waals surface area contributed by atoms with Crippen LogP contribution in [0.5, 0.6) is 0 Å². The molecular formula is C23H29N. The van der Waals surface area contributed by atoms with Crippen LogP contribution in [-0.2, 0) is 12.8 Å². The predicted octanol–water partition coefficient (Wildman–Crippen LogP) is 5.80. The number of aryl methyl sites for hydroxylation is 2. The zero-order valence-electron chi connectivity index (χ0n) is 14.7. The van der Waals surface area contributed by atoms with Crippen molar-refractivity contribution in [3.8, 4) is 0 Å². The van der Waals surface area contributed by atoms with E-state index < -0.39 is 0 Å². The average Bonchev–Trinajstić information content (AvgIpc) is 2.67. The Morgan fingerprint density at radius 3 is 1.96 bits per heavy atom. The molecule has 1 heterocycles. The van der Waals surface area contributed by atoms with E-state index in [4.69, 9.17) is 0 Å². The maximum atomic E-state index is 4.27. The number of piperidine rings is 1. The minimum Gasteiger partial charge on any atom is -0.372 e. The van der Waals surface area contributed by atoms with Crippen molar-refractivity contribution < 1.29 is 0 Å². The molecule has 0 spiro atoms. The summed E-state index contributed by atoms with van der Waals surface area (Å²) in [5, 5.41) is 0. The Labute approximate surface area is 147 Å². The van der Waals surface area contributed by atoms with E-state index in [0.29, 0.717) is 0 Å². The second-order valence-corrected chi connectivity index (χ2v) is 6.95. The lowest BCUT2D eigenvalue weighted by Gasteiger charge is -2.28. The van der Waals surface area contributed by atoms with Gasteiger partial charge in [-0.15, -0.1) is 0 Å². The van der Waals surface area contributed by atoms with Crippen molar-refractivity contribution in [1.82, 2.24) is 0 Å². The molecule has 0 bridgehead atoms. The maximum absolute atomic E-state index is 4.27. The molecule has 0 aliphatic carbocycles. The number of nitrogens with zero attached hydrogens (tertiary/aromatic N) is 1. The molecule has 3 rings (SSSR count). The summed E-state index contributed by atoms with van der Waals surface area (Å²) in [6.45, 7) is 6.70. The van der Waals surface area contributed by atoms with E-state index >= 15 is 0 Å². The van der Waals surface area contributed by atoms with Gasteiger partial charge in [0.25, 0.3) is 0 Å². The summed E-state index contributed by atoms with van der Waals surface area (Å²) >= 11 is 0. The van der Waals surface area contributed by atoms with Crippen molar-refractivity contribution in [3.05, 3.63) is 77.9 Å². The van der Waals surface area contributed by atoms with Gasteiger partial charge in [0.1, 0.15) is 0 Å². The topological polar surface area (TPSA) is 3.24 Å². The highest BCUT2D eigenvalue weighted by molar-refractivity contribution is 5.48. The predicted molar refractivity (Wildman–Crippen MR) is 105 cm³/mol. The van der Waals surface area contributed by atoms with Crippen LogP contribution < -0.4 is 4.90 Å². The van der Waals surface area contributed by atoms with Crippen molar-refractivity contribution in [2.24, 2.45) is 0 Å². The third kappa shape index (κ3) is 4.99. The molecule has 1 heteroatoms. The van der Waals surface area contributed by atoms with Crippen molar-refractivity contribution in [1.29, 1.82) is 0 Å². The zero-order chi connectivity index (χ0) is 16.6. The molecule has 1 nitrogen and oxygen atoms in total. The third-order valence-electron chi connectivity index (χ3n) is 5.03. The smallest absolute Gasteiger partial charge is 0.0366 e. The first-order valence-corrected chi connectivity index (χ1v) is 9.36. The minimum absolute atomic E-state index is 1.09. The van der Waals surface area contributed by atoms with E-state index in [2.05, 4.69) is 66.1 Å². The number of anilines is 1. The van der Waals surface area contributed by atoms with E-state index in [1.54, 1.807) is 0 Å². The molecule has 1 fully saturated rings. The fourth-order valence-electron chi connectivity index (χ4n) is 3.44. The number of allylic oxidation sites excluding steroid dienone is 1. The molecule has 0 saturated carbocycles. The van der Waals surface area contributed by atoms with Crippen LogP contribution in [0.25, 0.3) is 0 Å². The highest BCUT2D eigenvalue weighted by Crippen LogP contribution is 2.21. The lowest BCUT2D eigenvalue weighted by atomic mass is 9.99. The van der Waals surface area contributed by atoms with Crippen molar-refractivity contribution in [3.63, 3.8) is 0 Å². The molecule has 1 saturated heterocycles. The fraction of sp³-hybridized carbons (Fsp3) is 0.391. The van der Waals surface area contributed by atoms with Crippen LogP contribution in [0.3, 0.4) is 0 Å². The molecule has 24 heavy (non-hydrogen) atoms. The molecule has 2 aromatic rings. The standard InChI is InChI=1S/C23H29N/c1-20(10-12-21-8-4-2-5-9-21)11-13-22-14-16-23(17-15-22)24-18-6-3-7-19-24/h2,4-5,8-9,14-17H,1,3,6-7,10-13,18-19H2. The molecule has 0 radical (unpaired) electrons. The summed E-state index contributed by atoms with van der Waals surface area (Å²) in [4.78, 5) is 2.52. The van der Waals surface area contributed by atoms with Gasteiger partial charge in [-0.25, -0.2) is 0 Å². The van der Waals surface area contributed by atoms with Gasteiger partial charge in [-0.2, -0.15) is 0 Å². The first kappa shape index (κ1) is 16.8. The van der Waals surface area contributed by atoms with Gasteiger partial charge >= 0.3 is 0 Å². The number of rotatable bonds is 7. The normalized spacial score (nSPS) is 14.6. The molecule has 0 atom stereocenters. The van der Waals surface area contributed by atoms with Crippen LogP contribution in [0, 0.1) is 0 Å². The molecule has 0 unspecified atom stereocenters. The molecular weight excluding hydrogens is 290 g/mol. The highest BCUT2D eigenvalue weighted by Gasteiger charge is 2.10. The fourth-order valence-corrected chi connectivity index (χ4v) is 3.44. The summed E-state index contributed by atoms with van der Waals surface area (Å²) in [5.41, 5.74) is 5.58. The van der Waals surface area contributed by atoms with E-state index in [-0.39, 0.29) is 0 Å².